The molecule has 0 saturated heterocycles. The van der Waals surface area contributed by atoms with Gasteiger partial charge in [-0.3, -0.25) is 4.79 Å². The summed E-state index contributed by atoms with van der Waals surface area (Å²) in [5.74, 6) is 1.73. The van der Waals surface area contributed by atoms with E-state index in [2.05, 4.69) is 21.5 Å². The molecule has 1 aliphatic rings. The van der Waals surface area contributed by atoms with Crippen LogP contribution in [0.1, 0.15) is 28.6 Å². The van der Waals surface area contributed by atoms with Gasteiger partial charge >= 0.3 is 0 Å². The van der Waals surface area contributed by atoms with Crippen molar-refractivity contribution in [2.45, 2.75) is 18.9 Å². The Bertz CT molecular complexity index is 621. The molecule has 2 aromatic rings. The lowest BCUT2D eigenvalue weighted by molar-refractivity contribution is 0.0943. The summed E-state index contributed by atoms with van der Waals surface area (Å²) in [5.41, 5.74) is 0.345. The smallest absolute Gasteiger partial charge is 0.273 e. The molecule has 0 aromatic carbocycles. The Kier molecular flexibility index (Phi) is 4.40. The Hall–Kier alpha value is -2.02. The molecule has 0 aliphatic carbocycles. The normalized spacial score (nSPS) is 17.2. The molecule has 6 nitrogen and oxygen atoms in total. The van der Waals surface area contributed by atoms with Gasteiger partial charge in [0.1, 0.15) is 5.76 Å². The first-order valence-corrected chi connectivity index (χ1v) is 7.86. The van der Waals surface area contributed by atoms with E-state index >= 15 is 0 Å². The first kappa shape index (κ1) is 13.9. The molecule has 3 rings (SSSR count). The van der Waals surface area contributed by atoms with Crippen LogP contribution in [0.3, 0.4) is 0 Å². The third kappa shape index (κ3) is 3.55. The first-order chi connectivity index (χ1) is 10.3. The maximum atomic E-state index is 12.0. The predicted molar refractivity (Wildman–Crippen MR) is 80.0 cm³/mol. The van der Waals surface area contributed by atoms with Crippen molar-refractivity contribution in [3.63, 3.8) is 0 Å². The van der Waals surface area contributed by atoms with Gasteiger partial charge in [0.25, 0.3) is 5.91 Å². The van der Waals surface area contributed by atoms with Crippen LogP contribution in [-0.2, 0) is 6.54 Å². The minimum atomic E-state index is -0.190. The van der Waals surface area contributed by atoms with Crippen molar-refractivity contribution in [3.8, 4) is 0 Å². The number of aryl methyl sites for hydroxylation is 1. The molecule has 1 N–H and O–H groups in total. The molecule has 21 heavy (non-hydrogen) atoms. The number of nitrogens with one attached hydrogen (secondary N) is 1. The Labute approximate surface area is 126 Å². The maximum absolute atomic E-state index is 12.0. The Balaban J connectivity index is 1.45. The van der Waals surface area contributed by atoms with Crippen LogP contribution in [0.2, 0.25) is 0 Å². The molecular weight excluding hydrogens is 288 g/mol. The quantitative estimate of drug-likeness (QED) is 0.827. The van der Waals surface area contributed by atoms with Crippen molar-refractivity contribution in [2.24, 2.45) is 0 Å². The van der Waals surface area contributed by atoms with Crippen molar-refractivity contribution in [3.05, 3.63) is 47.7 Å². The molecule has 0 bridgehead atoms. The van der Waals surface area contributed by atoms with Gasteiger partial charge in [-0.15, -0.1) is 11.8 Å². The van der Waals surface area contributed by atoms with Gasteiger partial charge in [0, 0.05) is 43.2 Å². The number of carbonyl (C=O) groups excluding carboxylic acids is 1. The number of amides is 1. The van der Waals surface area contributed by atoms with E-state index in [1.807, 2.05) is 16.2 Å². The van der Waals surface area contributed by atoms with E-state index in [0.717, 1.165) is 24.5 Å². The lowest BCUT2D eigenvalue weighted by Crippen LogP contribution is -2.25. The van der Waals surface area contributed by atoms with Crippen LogP contribution in [0.15, 0.2) is 40.8 Å². The van der Waals surface area contributed by atoms with E-state index in [1.54, 1.807) is 30.4 Å². The van der Waals surface area contributed by atoms with Crippen molar-refractivity contribution in [1.82, 2.24) is 20.0 Å². The van der Waals surface area contributed by atoms with E-state index in [0.29, 0.717) is 12.2 Å². The minimum absolute atomic E-state index is 0.190. The maximum Gasteiger partial charge on any atom is 0.273 e. The van der Waals surface area contributed by atoms with Gasteiger partial charge in [0.05, 0.1) is 6.33 Å². The van der Waals surface area contributed by atoms with Gasteiger partial charge in [0.15, 0.2) is 5.69 Å². The van der Waals surface area contributed by atoms with Crippen LogP contribution in [0, 0.1) is 0 Å². The van der Waals surface area contributed by atoms with Crippen LogP contribution in [0.4, 0.5) is 0 Å². The highest BCUT2D eigenvalue weighted by Crippen LogP contribution is 2.29. The fraction of sp³-hybridized carbons (Fsp3) is 0.357. The fourth-order valence-electron chi connectivity index (χ4n) is 2.09. The number of allylic oxidation sites excluding steroid dienone is 1. The van der Waals surface area contributed by atoms with Crippen LogP contribution in [-0.4, -0.2) is 32.9 Å². The Morgan fingerprint density at radius 1 is 1.57 bits per heavy atom. The molecule has 0 fully saturated rings. The number of carbonyl (C=O) groups is 1. The molecule has 2 aromatic heterocycles. The van der Waals surface area contributed by atoms with Gasteiger partial charge in [0.2, 0.25) is 0 Å². The van der Waals surface area contributed by atoms with Gasteiger partial charge < -0.3 is 14.4 Å². The molecule has 7 heteroatoms. The summed E-state index contributed by atoms with van der Waals surface area (Å²) in [7, 11) is 0. The molecule has 0 radical (unpaired) electrons. The van der Waals surface area contributed by atoms with E-state index in [4.69, 9.17) is 4.52 Å². The number of nitrogens with zero attached hydrogens (tertiary/aromatic N) is 3. The molecule has 1 atom stereocenters. The molecular formula is C14H16N4O2S. The zero-order valence-corrected chi connectivity index (χ0v) is 12.3. The number of hydrogen-bond acceptors (Lipinski definition) is 5. The summed E-state index contributed by atoms with van der Waals surface area (Å²) in [6.45, 7) is 1.42. The van der Waals surface area contributed by atoms with E-state index < -0.39 is 0 Å². The van der Waals surface area contributed by atoms with Crippen LogP contribution >= 0.6 is 11.8 Å². The highest BCUT2D eigenvalue weighted by molar-refractivity contribution is 8.02. The highest BCUT2D eigenvalue weighted by atomic mass is 32.2. The molecule has 1 unspecified atom stereocenters. The Morgan fingerprint density at radius 2 is 2.52 bits per heavy atom. The Morgan fingerprint density at radius 3 is 3.29 bits per heavy atom. The first-order valence-electron chi connectivity index (χ1n) is 6.82. The number of rotatable bonds is 6. The van der Waals surface area contributed by atoms with E-state index in [-0.39, 0.29) is 11.8 Å². The lowest BCUT2D eigenvalue weighted by atomic mass is 10.1. The monoisotopic (exact) mass is 304 g/mol. The summed E-state index contributed by atoms with van der Waals surface area (Å²) in [5, 5.41) is 8.74. The van der Waals surface area contributed by atoms with Gasteiger partial charge in [-0.25, -0.2) is 4.98 Å². The van der Waals surface area contributed by atoms with Crippen molar-refractivity contribution in [2.75, 3.05) is 12.3 Å². The zero-order valence-electron chi connectivity index (χ0n) is 11.4. The van der Waals surface area contributed by atoms with E-state index in [1.165, 1.54) is 0 Å². The summed E-state index contributed by atoms with van der Waals surface area (Å²) in [6, 6.07) is 1.73. The predicted octanol–water partition coefficient (Wildman–Crippen LogP) is 2.04. The number of imidazole rings is 1. The number of aromatic nitrogens is 3. The molecule has 0 saturated carbocycles. The average Bonchev–Trinajstić information content (AvgIpc) is 3.25. The third-order valence-corrected chi connectivity index (χ3v) is 4.15. The van der Waals surface area contributed by atoms with Gasteiger partial charge in [-0.2, -0.15) is 0 Å². The molecule has 3 heterocycles. The van der Waals surface area contributed by atoms with E-state index in [9.17, 15) is 4.79 Å². The van der Waals surface area contributed by atoms with Gasteiger partial charge in [-0.1, -0.05) is 11.2 Å². The van der Waals surface area contributed by atoms with Crippen molar-refractivity contribution < 1.29 is 9.32 Å². The number of thioether (sulfide) groups is 1. The molecule has 0 spiro atoms. The third-order valence-electron chi connectivity index (χ3n) is 3.25. The fourth-order valence-corrected chi connectivity index (χ4v) is 2.98. The molecule has 110 valence electrons. The molecule has 1 aliphatic heterocycles. The largest absolute Gasteiger partial charge is 0.360 e. The summed E-state index contributed by atoms with van der Waals surface area (Å²) in [6.07, 6.45) is 8.32. The van der Waals surface area contributed by atoms with Crippen molar-refractivity contribution in [1.29, 1.82) is 0 Å². The lowest BCUT2D eigenvalue weighted by Gasteiger charge is -2.03. The topological polar surface area (TPSA) is 73.0 Å². The molecule has 1 amide bonds. The SMILES string of the molecule is O=C(NCCCn1ccnc1)c1cc(C2C=CSC2)on1. The van der Waals surface area contributed by atoms with Crippen molar-refractivity contribution >= 4 is 17.7 Å². The van der Waals surface area contributed by atoms with Gasteiger partial charge in [-0.05, 0) is 11.8 Å². The second kappa shape index (κ2) is 6.62. The average molecular weight is 304 g/mol. The second-order valence-electron chi connectivity index (χ2n) is 4.79. The second-order valence-corrected chi connectivity index (χ2v) is 5.73. The van der Waals surface area contributed by atoms with Crippen LogP contribution < -0.4 is 5.32 Å². The zero-order chi connectivity index (χ0) is 14.5. The summed E-state index contributed by atoms with van der Waals surface area (Å²) in [4.78, 5) is 15.9. The standard InChI is InChI=1S/C14H16N4O2S/c19-14(16-3-1-5-18-6-4-15-10-18)12-8-13(20-17-12)11-2-7-21-9-11/h2,4,6-8,10-11H,1,3,5,9H2,(H,16,19). The summed E-state index contributed by atoms with van der Waals surface area (Å²) >= 11 is 1.73. The van der Waals surface area contributed by atoms with Crippen LogP contribution in [0.5, 0.6) is 0 Å². The van der Waals surface area contributed by atoms with Crippen LogP contribution in [0.25, 0.3) is 0 Å². The minimum Gasteiger partial charge on any atom is -0.360 e. The summed E-state index contributed by atoms with van der Waals surface area (Å²) < 4.78 is 7.22. The highest BCUT2D eigenvalue weighted by Gasteiger charge is 2.19. The number of hydrogen-bond donors (Lipinski definition) is 1.